The van der Waals surface area contributed by atoms with Crippen LogP contribution < -0.4 is 15.8 Å². The van der Waals surface area contributed by atoms with Gasteiger partial charge in [-0.25, -0.2) is 0 Å². The van der Waals surface area contributed by atoms with Gasteiger partial charge in [0.1, 0.15) is 6.61 Å². The van der Waals surface area contributed by atoms with Crippen LogP contribution >= 0.6 is 0 Å². The van der Waals surface area contributed by atoms with Gasteiger partial charge < -0.3 is 15.8 Å². The van der Waals surface area contributed by atoms with Crippen LogP contribution in [0.15, 0.2) is 12.1 Å². The van der Waals surface area contributed by atoms with E-state index < -0.39 is 0 Å². The highest BCUT2D eigenvalue weighted by Gasteiger charge is 2.17. The minimum Gasteiger partial charge on any atom is -0.475 e. The summed E-state index contributed by atoms with van der Waals surface area (Å²) in [7, 11) is 0. The Morgan fingerprint density at radius 2 is 2.17 bits per heavy atom. The lowest BCUT2D eigenvalue weighted by Gasteiger charge is -2.22. The smallest absolute Gasteiger partial charge is 0.271 e. The molecule has 6 heteroatoms. The largest absolute Gasteiger partial charge is 0.475 e. The average molecular weight is 252 g/mol. The Morgan fingerprint density at radius 1 is 1.44 bits per heavy atom. The molecule has 1 heterocycles. The number of nitrogens with one attached hydrogen (secondary N) is 1. The van der Waals surface area contributed by atoms with Gasteiger partial charge in [-0.2, -0.15) is 0 Å². The topological polar surface area (TPSA) is 90.1 Å². The van der Waals surface area contributed by atoms with Crippen molar-refractivity contribution in [2.24, 2.45) is 5.73 Å². The maximum Gasteiger partial charge on any atom is 0.271 e. The Kier molecular flexibility index (Phi) is 5.03. The molecule has 0 aromatic carbocycles. The molecule has 0 saturated carbocycles. The lowest BCUT2D eigenvalue weighted by molar-refractivity contribution is 0.0949. The molecule has 0 fully saturated rings. The van der Waals surface area contributed by atoms with Crippen LogP contribution in [-0.4, -0.2) is 34.8 Å². The predicted molar refractivity (Wildman–Crippen MR) is 68.4 cm³/mol. The van der Waals surface area contributed by atoms with E-state index in [1.54, 1.807) is 12.1 Å². The molecule has 18 heavy (non-hydrogen) atoms. The molecule has 0 aliphatic rings. The van der Waals surface area contributed by atoms with E-state index in [0.29, 0.717) is 19.0 Å². The van der Waals surface area contributed by atoms with Crippen molar-refractivity contribution in [3.8, 4) is 5.88 Å². The second-order valence-electron chi connectivity index (χ2n) is 4.41. The molecule has 100 valence electrons. The molecule has 1 atom stereocenters. The van der Waals surface area contributed by atoms with E-state index in [2.05, 4.69) is 15.5 Å². The van der Waals surface area contributed by atoms with E-state index in [-0.39, 0.29) is 17.1 Å². The van der Waals surface area contributed by atoms with Gasteiger partial charge in [0.05, 0.1) is 0 Å². The number of nitrogens with two attached hydrogens (primary N) is 1. The first-order chi connectivity index (χ1) is 8.48. The van der Waals surface area contributed by atoms with Crippen molar-refractivity contribution in [1.82, 2.24) is 15.5 Å². The fourth-order valence-electron chi connectivity index (χ4n) is 1.11. The van der Waals surface area contributed by atoms with Crippen LogP contribution in [0.4, 0.5) is 0 Å². The Hall–Kier alpha value is -1.69. The molecule has 0 radical (unpaired) electrons. The molecular formula is C12H20N4O2. The van der Waals surface area contributed by atoms with Crippen molar-refractivity contribution < 1.29 is 9.53 Å². The monoisotopic (exact) mass is 252 g/mol. The van der Waals surface area contributed by atoms with Crippen LogP contribution in [0.1, 0.15) is 37.7 Å². The second kappa shape index (κ2) is 6.30. The van der Waals surface area contributed by atoms with Gasteiger partial charge in [-0.15, -0.1) is 10.2 Å². The number of carbonyl (C=O) groups excluding carboxylic acids is 1. The third-order valence-electron chi connectivity index (χ3n) is 2.57. The van der Waals surface area contributed by atoms with E-state index in [9.17, 15) is 4.79 Å². The number of ether oxygens (including phenoxy) is 1. The van der Waals surface area contributed by atoms with Crippen LogP contribution in [0.25, 0.3) is 0 Å². The second-order valence-corrected chi connectivity index (χ2v) is 4.41. The van der Waals surface area contributed by atoms with E-state index in [4.69, 9.17) is 10.5 Å². The summed E-state index contributed by atoms with van der Waals surface area (Å²) in [4.78, 5) is 11.4. The fourth-order valence-corrected chi connectivity index (χ4v) is 1.11. The van der Waals surface area contributed by atoms with Crippen LogP contribution in [0.2, 0.25) is 0 Å². The van der Waals surface area contributed by atoms with Gasteiger partial charge in [0.15, 0.2) is 5.69 Å². The van der Waals surface area contributed by atoms with Crippen LogP contribution in [0.3, 0.4) is 0 Å². The molecule has 0 spiro atoms. The third-order valence-corrected chi connectivity index (χ3v) is 2.57. The number of aromatic nitrogens is 2. The van der Waals surface area contributed by atoms with Crippen molar-refractivity contribution in [1.29, 1.82) is 0 Å². The summed E-state index contributed by atoms with van der Waals surface area (Å²) in [6.07, 6.45) is 0.803. The van der Waals surface area contributed by atoms with Gasteiger partial charge in [0, 0.05) is 18.2 Å². The minimum atomic E-state index is -0.389. The summed E-state index contributed by atoms with van der Waals surface area (Å²) in [5.74, 6) is 0.127. The first-order valence-corrected chi connectivity index (χ1v) is 6.02. The van der Waals surface area contributed by atoms with Gasteiger partial charge >= 0.3 is 0 Å². The van der Waals surface area contributed by atoms with Crippen molar-refractivity contribution in [2.45, 2.75) is 32.7 Å². The van der Waals surface area contributed by atoms with E-state index in [1.165, 1.54) is 0 Å². The third kappa shape index (κ3) is 4.29. The average Bonchev–Trinajstić information content (AvgIpc) is 2.37. The first-order valence-electron chi connectivity index (χ1n) is 6.02. The van der Waals surface area contributed by atoms with Gasteiger partial charge in [0.25, 0.3) is 5.91 Å². The molecule has 0 aliphatic heterocycles. The zero-order valence-electron chi connectivity index (χ0n) is 11.1. The van der Waals surface area contributed by atoms with Gasteiger partial charge in [0.2, 0.25) is 5.88 Å². The molecule has 1 unspecified atom stereocenters. The Labute approximate surface area is 107 Å². The summed E-state index contributed by atoms with van der Waals surface area (Å²) in [6.45, 7) is 6.66. The van der Waals surface area contributed by atoms with Crippen molar-refractivity contribution in [2.75, 3.05) is 13.2 Å². The summed E-state index contributed by atoms with van der Waals surface area (Å²) >= 11 is 0. The molecule has 3 N–H and O–H groups in total. The Morgan fingerprint density at radius 3 is 2.67 bits per heavy atom. The number of hydrogen-bond acceptors (Lipinski definition) is 5. The number of rotatable bonds is 6. The SMILES string of the molecule is CCNC(=O)c1ccc(OCC(C)(N)CC)nn1. The zero-order chi connectivity index (χ0) is 13.6. The molecule has 1 amide bonds. The minimum absolute atomic E-state index is 0.242. The number of carbonyl (C=O) groups is 1. The van der Waals surface area contributed by atoms with Gasteiger partial charge in [-0.05, 0) is 26.3 Å². The molecule has 1 aromatic rings. The Balaban J connectivity index is 2.58. The number of nitrogens with zero attached hydrogens (tertiary/aromatic N) is 2. The summed E-state index contributed by atoms with van der Waals surface area (Å²) < 4.78 is 5.43. The van der Waals surface area contributed by atoms with Crippen molar-refractivity contribution in [3.05, 3.63) is 17.8 Å². The highest BCUT2D eigenvalue weighted by molar-refractivity contribution is 5.91. The molecule has 0 bridgehead atoms. The highest BCUT2D eigenvalue weighted by Crippen LogP contribution is 2.10. The quantitative estimate of drug-likeness (QED) is 0.779. The number of amides is 1. The van der Waals surface area contributed by atoms with Crippen molar-refractivity contribution in [3.63, 3.8) is 0 Å². The molecular weight excluding hydrogens is 232 g/mol. The fraction of sp³-hybridized carbons (Fsp3) is 0.583. The van der Waals surface area contributed by atoms with Crippen LogP contribution in [0, 0.1) is 0 Å². The zero-order valence-corrected chi connectivity index (χ0v) is 11.1. The lowest BCUT2D eigenvalue weighted by atomic mass is 10.0. The summed E-state index contributed by atoms with van der Waals surface area (Å²) in [5.41, 5.74) is 5.83. The molecule has 1 aromatic heterocycles. The van der Waals surface area contributed by atoms with E-state index in [0.717, 1.165) is 6.42 Å². The normalized spacial score (nSPS) is 13.8. The first kappa shape index (κ1) is 14.4. The Bertz CT molecular complexity index is 390. The van der Waals surface area contributed by atoms with Crippen LogP contribution in [-0.2, 0) is 0 Å². The van der Waals surface area contributed by atoms with Crippen LogP contribution in [0.5, 0.6) is 5.88 Å². The molecule has 0 aliphatic carbocycles. The summed E-state index contributed by atoms with van der Waals surface area (Å²) in [5, 5.41) is 10.3. The van der Waals surface area contributed by atoms with Gasteiger partial charge in [-0.1, -0.05) is 6.92 Å². The lowest BCUT2D eigenvalue weighted by Crippen LogP contribution is -2.41. The van der Waals surface area contributed by atoms with E-state index in [1.807, 2.05) is 20.8 Å². The van der Waals surface area contributed by atoms with E-state index >= 15 is 0 Å². The van der Waals surface area contributed by atoms with Crippen molar-refractivity contribution >= 4 is 5.91 Å². The van der Waals surface area contributed by atoms with Gasteiger partial charge in [-0.3, -0.25) is 4.79 Å². The molecule has 6 nitrogen and oxygen atoms in total. The standard InChI is InChI=1S/C12H20N4O2/c1-4-12(3,13)8-18-10-7-6-9(15-16-10)11(17)14-5-2/h6-7H,4-5,8,13H2,1-3H3,(H,14,17). The predicted octanol–water partition coefficient (Wildman–Crippen LogP) is 0.732. The number of hydrogen-bond donors (Lipinski definition) is 2. The maximum atomic E-state index is 11.4. The highest BCUT2D eigenvalue weighted by atomic mass is 16.5. The molecule has 1 rings (SSSR count). The maximum absolute atomic E-state index is 11.4. The molecule has 0 saturated heterocycles. The summed E-state index contributed by atoms with van der Waals surface area (Å²) in [6, 6.07) is 3.19.